The second-order valence-electron chi connectivity index (χ2n) is 11.2. The summed E-state index contributed by atoms with van der Waals surface area (Å²) in [6.45, 7) is 9.88. The van der Waals surface area contributed by atoms with Gasteiger partial charge in [-0.05, 0) is 76.9 Å². The van der Waals surface area contributed by atoms with E-state index in [2.05, 4.69) is 40.4 Å². The van der Waals surface area contributed by atoms with Crippen molar-refractivity contribution in [2.45, 2.75) is 64.6 Å². The van der Waals surface area contributed by atoms with Crippen molar-refractivity contribution in [3.05, 3.63) is 74.6 Å². The Morgan fingerprint density at radius 2 is 1.81 bits per heavy atom. The van der Waals surface area contributed by atoms with Crippen LogP contribution in [0.15, 0.2) is 52.3 Å². The van der Waals surface area contributed by atoms with E-state index in [1.54, 1.807) is 32.4 Å². The Balaban J connectivity index is 1.44. The Morgan fingerprint density at radius 3 is 2.51 bits per heavy atom. The number of hydrogen-bond donors (Lipinski definition) is 1. The van der Waals surface area contributed by atoms with Gasteiger partial charge in [0.25, 0.3) is 11.1 Å². The largest absolute Gasteiger partial charge is 0.324 e. The first-order valence-electron chi connectivity index (χ1n) is 13.0. The lowest BCUT2D eigenvalue weighted by atomic mass is 9.87. The van der Waals surface area contributed by atoms with Gasteiger partial charge in [-0.25, -0.2) is 14.3 Å². The Hall–Kier alpha value is -3.72. The molecule has 0 saturated heterocycles. The average Bonchev–Trinajstić information content (AvgIpc) is 3.54. The van der Waals surface area contributed by atoms with Crippen LogP contribution in [0.1, 0.15) is 63.7 Å². The van der Waals surface area contributed by atoms with Gasteiger partial charge in [-0.1, -0.05) is 6.07 Å². The van der Waals surface area contributed by atoms with Gasteiger partial charge in [0.1, 0.15) is 5.39 Å². The zero-order valence-corrected chi connectivity index (χ0v) is 22.0. The lowest BCUT2D eigenvalue weighted by molar-refractivity contribution is 0.271. The van der Waals surface area contributed by atoms with Gasteiger partial charge >= 0.3 is 0 Å². The molecule has 9 heteroatoms. The summed E-state index contributed by atoms with van der Waals surface area (Å²) in [5, 5.41) is 3.80. The molecule has 6 rings (SSSR count). The van der Waals surface area contributed by atoms with Crippen molar-refractivity contribution in [2.75, 3.05) is 18.9 Å². The molecule has 1 N–H and O–H groups in total. The third-order valence-corrected chi connectivity index (χ3v) is 7.63. The van der Waals surface area contributed by atoms with Crippen LogP contribution in [0.3, 0.4) is 0 Å². The summed E-state index contributed by atoms with van der Waals surface area (Å²) in [5.74, 6) is 0.421. The minimum atomic E-state index is -0.162. The highest BCUT2D eigenvalue weighted by Crippen LogP contribution is 2.52. The van der Waals surface area contributed by atoms with E-state index in [-0.39, 0.29) is 23.2 Å². The van der Waals surface area contributed by atoms with Gasteiger partial charge in [-0.3, -0.25) is 9.59 Å². The quantitative estimate of drug-likeness (QED) is 0.444. The van der Waals surface area contributed by atoms with Gasteiger partial charge in [-0.15, -0.1) is 0 Å². The van der Waals surface area contributed by atoms with E-state index in [1.807, 2.05) is 27.7 Å². The Kier molecular flexibility index (Phi) is 5.38. The molecule has 4 aromatic rings. The van der Waals surface area contributed by atoms with E-state index >= 15 is 0 Å². The normalized spacial score (nSPS) is 16.6. The number of rotatable bonds is 5. The molecule has 2 aliphatic rings. The summed E-state index contributed by atoms with van der Waals surface area (Å²) >= 11 is 0. The lowest BCUT2D eigenvalue weighted by Gasteiger charge is -2.32. The number of anilines is 2. The fourth-order valence-electron chi connectivity index (χ4n) is 5.77. The molecular weight excluding hydrogens is 466 g/mol. The summed E-state index contributed by atoms with van der Waals surface area (Å²) < 4.78 is 5.12. The van der Waals surface area contributed by atoms with Crippen molar-refractivity contribution < 1.29 is 0 Å². The molecule has 1 fully saturated rings. The summed E-state index contributed by atoms with van der Waals surface area (Å²) in [6, 6.07) is 9.68. The molecule has 3 aromatic heterocycles. The summed E-state index contributed by atoms with van der Waals surface area (Å²) in [4.78, 5) is 37.4. The van der Waals surface area contributed by atoms with E-state index < -0.39 is 0 Å². The second kappa shape index (κ2) is 8.41. The molecule has 1 aromatic carbocycles. The maximum atomic E-state index is 13.3. The van der Waals surface area contributed by atoms with Gasteiger partial charge in [-0.2, -0.15) is 4.98 Å². The van der Waals surface area contributed by atoms with Crippen LogP contribution >= 0.6 is 0 Å². The number of nitrogens with one attached hydrogen (secondary N) is 1. The average molecular weight is 500 g/mol. The second-order valence-corrected chi connectivity index (χ2v) is 11.2. The molecular formula is C28H33N7O2. The molecule has 4 heterocycles. The fraction of sp³-hybridized carbons (Fsp3) is 0.429. The summed E-state index contributed by atoms with van der Waals surface area (Å²) in [7, 11) is 2.18. The lowest BCUT2D eigenvalue weighted by Crippen LogP contribution is -2.35. The van der Waals surface area contributed by atoms with Crippen LogP contribution in [-0.4, -0.2) is 42.4 Å². The van der Waals surface area contributed by atoms with Crippen molar-refractivity contribution in [1.82, 2.24) is 28.8 Å². The van der Waals surface area contributed by atoms with E-state index in [0.29, 0.717) is 28.1 Å². The predicted molar refractivity (Wildman–Crippen MR) is 145 cm³/mol. The minimum absolute atomic E-state index is 0.0156. The molecule has 0 radical (unpaired) electrons. The van der Waals surface area contributed by atoms with Crippen molar-refractivity contribution >= 4 is 22.7 Å². The van der Waals surface area contributed by atoms with Gasteiger partial charge in [0.15, 0.2) is 5.65 Å². The maximum Gasteiger partial charge on any atom is 0.278 e. The first-order chi connectivity index (χ1) is 17.7. The Bertz CT molecular complexity index is 1640. The maximum absolute atomic E-state index is 13.3. The number of nitrogens with zero attached hydrogens (tertiary/aromatic N) is 6. The van der Waals surface area contributed by atoms with Crippen molar-refractivity contribution in [2.24, 2.45) is 0 Å². The van der Waals surface area contributed by atoms with E-state index in [9.17, 15) is 9.59 Å². The van der Waals surface area contributed by atoms with Crippen LogP contribution in [0.25, 0.3) is 16.7 Å². The van der Waals surface area contributed by atoms with Crippen LogP contribution in [0, 0.1) is 0 Å². The molecule has 0 amide bonds. The number of likely N-dealkylation sites (N-methyl/N-ethyl adjacent to an activating group) is 1. The van der Waals surface area contributed by atoms with E-state index in [4.69, 9.17) is 4.98 Å². The molecule has 1 saturated carbocycles. The topological polar surface area (TPSA) is 90.0 Å². The van der Waals surface area contributed by atoms with Crippen LogP contribution in [0.4, 0.5) is 11.6 Å². The summed E-state index contributed by atoms with van der Waals surface area (Å²) in [5.41, 5.74) is 5.02. The first-order valence-corrected chi connectivity index (χ1v) is 13.0. The summed E-state index contributed by atoms with van der Waals surface area (Å²) in [6.07, 6.45) is 5.89. The molecule has 0 unspecified atom stereocenters. The van der Waals surface area contributed by atoms with Gasteiger partial charge in [0, 0.05) is 54.7 Å². The highest BCUT2D eigenvalue weighted by Gasteiger charge is 2.48. The SMILES string of the molecule is CC(C)n1cc(-n2c3nc(Nc4ccc5c(c4)CN(C)CC54CC4)ncc3c(=O)n2C(C)C)ccc1=O. The fourth-order valence-corrected chi connectivity index (χ4v) is 5.77. The molecule has 1 aliphatic carbocycles. The molecule has 0 atom stereocenters. The third-order valence-electron chi connectivity index (χ3n) is 7.63. The zero-order chi connectivity index (χ0) is 26.1. The van der Waals surface area contributed by atoms with Crippen LogP contribution in [-0.2, 0) is 12.0 Å². The molecule has 1 aliphatic heterocycles. The predicted octanol–water partition coefficient (Wildman–Crippen LogP) is 4.13. The van der Waals surface area contributed by atoms with Crippen LogP contribution in [0.2, 0.25) is 0 Å². The molecule has 0 bridgehead atoms. The number of pyridine rings is 1. The van der Waals surface area contributed by atoms with Gasteiger partial charge in [0.2, 0.25) is 5.95 Å². The smallest absolute Gasteiger partial charge is 0.278 e. The monoisotopic (exact) mass is 499 g/mol. The highest BCUT2D eigenvalue weighted by molar-refractivity contribution is 5.77. The van der Waals surface area contributed by atoms with Crippen LogP contribution < -0.4 is 16.4 Å². The van der Waals surface area contributed by atoms with Crippen molar-refractivity contribution in [3.8, 4) is 5.69 Å². The Morgan fingerprint density at radius 1 is 1.03 bits per heavy atom. The molecule has 1 spiro atoms. The number of fused-ring (bicyclic) bond motifs is 3. The van der Waals surface area contributed by atoms with Crippen LogP contribution in [0.5, 0.6) is 0 Å². The highest BCUT2D eigenvalue weighted by atomic mass is 16.1. The number of benzene rings is 1. The first kappa shape index (κ1) is 23.7. The van der Waals surface area contributed by atoms with Crippen molar-refractivity contribution in [1.29, 1.82) is 0 Å². The van der Waals surface area contributed by atoms with Gasteiger partial charge < -0.3 is 14.8 Å². The number of aromatic nitrogens is 5. The van der Waals surface area contributed by atoms with E-state index in [0.717, 1.165) is 18.8 Å². The standard InChI is InChI=1S/C28H33N7O2/c1-17(2)33-15-21(7-9-24(33)36)35-25-22(26(37)34(35)18(3)4)13-29-27(31-25)30-20-6-8-23-19(12-20)14-32(5)16-28(23)10-11-28/h6-9,12-13,15,17-18H,10-11,14,16H2,1-5H3,(H,29,30,31). The zero-order valence-electron chi connectivity index (χ0n) is 22.0. The van der Waals surface area contributed by atoms with Crippen molar-refractivity contribution in [3.63, 3.8) is 0 Å². The molecule has 37 heavy (non-hydrogen) atoms. The third kappa shape index (κ3) is 3.89. The molecule has 9 nitrogen and oxygen atoms in total. The van der Waals surface area contributed by atoms with Gasteiger partial charge in [0.05, 0.1) is 5.69 Å². The number of hydrogen-bond acceptors (Lipinski definition) is 6. The Labute approximate surface area is 215 Å². The molecule has 192 valence electrons. The van der Waals surface area contributed by atoms with E-state index in [1.165, 1.54) is 30.0 Å². The minimum Gasteiger partial charge on any atom is -0.324 e.